The first-order chi connectivity index (χ1) is 6.84. The van der Waals surface area contributed by atoms with Crippen molar-refractivity contribution in [2.24, 2.45) is 4.99 Å². The van der Waals surface area contributed by atoms with Crippen LogP contribution >= 0.6 is 0 Å². The zero-order valence-corrected chi connectivity index (χ0v) is 8.33. The summed E-state index contributed by atoms with van der Waals surface area (Å²) < 4.78 is 0. The Morgan fingerprint density at radius 1 is 1.29 bits per heavy atom. The van der Waals surface area contributed by atoms with E-state index >= 15 is 0 Å². The normalized spacial score (nSPS) is 15.5. The molecule has 2 heteroatoms. The highest BCUT2D eigenvalue weighted by Crippen LogP contribution is 2.03. The first-order valence-corrected chi connectivity index (χ1v) is 4.85. The number of amidine groups is 1. The van der Waals surface area contributed by atoms with Gasteiger partial charge in [0.2, 0.25) is 0 Å². The van der Waals surface area contributed by atoms with Crippen LogP contribution < -0.4 is 5.32 Å². The summed E-state index contributed by atoms with van der Waals surface area (Å²) in [7, 11) is 0. The monoisotopic (exact) mass is 186 g/mol. The molecule has 1 heterocycles. The molecule has 1 N–H and O–H groups in total. The Hall–Kier alpha value is -1.57. The lowest BCUT2D eigenvalue weighted by atomic mass is 10.1. The minimum atomic E-state index is 0.807. The number of allylic oxidation sites excluding steroid dienone is 1. The third-order valence-corrected chi connectivity index (χ3v) is 2.24. The van der Waals surface area contributed by atoms with Crippen LogP contribution in [0.15, 0.2) is 47.1 Å². The standard InChI is InChI=1S/C12H14N2/c1-10-7-8-13-12(14-10)9-11-5-3-2-4-6-11/h2-7H,8-9H2,1H3,(H,13,14). The van der Waals surface area contributed by atoms with Gasteiger partial charge in [-0.1, -0.05) is 30.3 Å². The highest BCUT2D eigenvalue weighted by molar-refractivity contribution is 5.86. The molecule has 1 aromatic carbocycles. The molecule has 2 rings (SSSR count). The van der Waals surface area contributed by atoms with Crippen molar-refractivity contribution in [3.8, 4) is 0 Å². The summed E-state index contributed by atoms with van der Waals surface area (Å²) in [5, 5.41) is 3.28. The fourth-order valence-corrected chi connectivity index (χ4v) is 1.50. The van der Waals surface area contributed by atoms with Crippen LogP contribution in [-0.4, -0.2) is 12.4 Å². The van der Waals surface area contributed by atoms with E-state index in [1.807, 2.05) is 6.07 Å². The van der Waals surface area contributed by atoms with E-state index in [9.17, 15) is 0 Å². The molecule has 1 aliphatic rings. The van der Waals surface area contributed by atoms with Gasteiger partial charge in [0.1, 0.15) is 5.84 Å². The Balaban J connectivity index is 2.02. The lowest BCUT2D eigenvalue weighted by Gasteiger charge is -2.14. The van der Waals surface area contributed by atoms with E-state index in [4.69, 9.17) is 0 Å². The summed E-state index contributed by atoms with van der Waals surface area (Å²) >= 11 is 0. The molecule has 0 fully saturated rings. The van der Waals surface area contributed by atoms with Crippen molar-refractivity contribution in [3.05, 3.63) is 47.7 Å². The van der Waals surface area contributed by atoms with Gasteiger partial charge in [-0.25, -0.2) is 0 Å². The highest BCUT2D eigenvalue weighted by atomic mass is 15.0. The Labute approximate surface area is 84.4 Å². The molecule has 0 saturated heterocycles. The van der Waals surface area contributed by atoms with E-state index in [1.54, 1.807) is 0 Å². The van der Waals surface area contributed by atoms with Crippen LogP contribution in [0.5, 0.6) is 0 Å². The second-order valence-electron chi connectivity index (χ2n) is 3.46. The van der Waals surface area contributed by atoms with E-state index in [2.05, 4.69) is 47.6 Å². The molecule has 0 spiro atoms. The SMILES string of the molecule is CC1=CCN=C(Cc2ccccc2)N1. The van der Waals surface area contributed by atoms with Crippen LogP contribution in [0.1, 0.15) is 12.5 Å². The molecule has 0 amide bonds. The van der Waals surface area contributed by atoms with Crippen molar-refractivity contribution < 1.29 is 0 Å². The van der Waals surface area contributed by atoms with Crippen molar-refractivity contribution in [1.82, 2.24) is 5.32 Å². The summed E-state index contributed by atoms with van der Waals surface area (Å²) in [5.74, 6) is 1.07. The Morgan fingerprint density at radius 3 is 2.79 bits per heavy atom. The summed E-state index contributed by atoms with van der Waals surface area (Å²) in [6.45, 7) is 2.88. The second kappa shape index (κ2) is 4.09. The van der Waals surface area contributed by atoms with E-state index in [0.717, 1.165) is 18.8 Å². The lowest BCUT2D eigenvalue weighted by Crippen LogP contribution is -2.26. The molecule has 72 valence electrons. The molecule has 2 nitrogen and oxygen atoms in total. The van der Waals surface area contributed by atoms with Gasteiger partial charge in [0.15, 0.2) is 0 Å². The van der Waals surface area contributed by atoms with Gasteiger partial charge in [-0.2, -0.15) is 0 Å². The maximum absolute atomic E-state index is 4.40. The van der Waals surface area contributed by atoms with Crippen LogP contribution in [-0.2, 0) is 6.42 Å². The Bertz CT molecular complexity index is 363. The summed E-state index contributed by atoms with van der Waals surface area (Å²) in [4.78, 5) is 4.40. The van der Waals surface area contributed by atoms with Crippen LogP contribution in [0, 0.1) is 0 Å². The minimum Gasteiger partial charge on any atom is -0.348 e. The third-order valence-electron chi connectivity index (χ3n) is 2.24. The lowest BCUT2D eigenvalue weighted by molar-refractivity contribution is 0.981. The average Bonchev–Trinajstić information content (AvgIpc) is 2.19. The first kappa shape index (κ1) is 9.00. The quantitative estimate of drug-likeness (QED) is 0.751. The maximum atomic E-state index is 4.40. The van der Waals surface area contributed by atoms with Gasteiger partial charge in [0.05, 0.1) is 6.54 Å². The van der Waals surface area contributed by atoms with Crippen molar-refractivity contribution >= 4 is 5.84 Å². The van der Waals surface area contributed by atoms with Crippen molar-refractivity contribution in [2.45, 2.75) is 13.3 Å². The Kier molecular flexibility index (Phi) is 2.63. The van der Waals surface area contributed by atoms with Crippen LogP contribution in [0.3, 0.4) is 0 Å². The fraction of sp³-hybridized carbons (Fsp3) is 0.250. The van der Waals surface area contributed by atoms with Gasteiger partial charge < -0.3 is 5.32 Å². The van der Waals surface area contributed by atoms with Gasteiger partial charge in [0, 0.05) is 12.1 Å². The molecule has 0 radical (unpaired) electrons. The Morgan fingerprint density at radius 2 is 2.07 bits per heavy atom. The number of benzene rings is 1. The maximum Gasteiger partial charge on any atom is 0.105 e. The van der Waals surface area contributed by atoms with Crippen molar-refractivity contribution in [3.63, 3.8) is 0 Å². The number of aliphatic imine (C=N–C) groups is 1. The van der Waals surface area contributed by atoms with Crippen molar-refractivity contribution in [1.29, 1.82) is 0 Å². The van der Waals surface area contributed by atoms with Gasteiger partial charge in [0.25, 0.3) is 0 Å². The molecule has 0 unspecified atom stereocenters. The highest BCUT2D eigenvalue weighted by Gasteiger charge is 2.04. The summed E-state index contributed by atoms with van der Waals surface area (Å²) in [6, 6.07) is 10.4. The third kappa shape index (κ3) is 2.22. The number of hydrogen-bond donors (Lipinski definition) is 1. The van der Waals surface area contributed by atoms with Gasteiger partial charge in [-0.15, -0.1) is 0 Å². The molecule has 0 atom stereocenters. The first-order valence-electron chi connectivity index (χ1n) is 4.85. The van der Waals surface area contributed by atoms with E-state index in [1.165, 1.54) is 11.3 Å². The number of nitrogens with zero attached hydrogens (tertiary/aromatic N) is 1. The minimum absolute atomic E-state index is 0.807. The molecule has 0 saturated carbocycles. The van der Waals surface area contributed by atoms with E-state index in [-0.39, 0.29) is 0 Å². The number of rotatable bonds is 2. The second-order valence-corrected chi connectivity index (χ2v) is 3.46. The zero-order chi connectivity index (χ0) is 9.80. The molecule has 0 bridgehead atoms. The van der Waals surface area contributed by atoms with Crippen LogP contribution in [0.25, 0.3) is 0 Å². The topological polar surface area (TPSA) is 24.4 Å². The van der Waals surface area contributed by atoms with Crippen molar-refractivity contribution in [2.75, 3.05) is 6.54 Å². The van der Waals surface area contributed by atoms with Crippen LogP contribution in [0.2, 0.25) is 0 Å². The predicted molar refractivity (Wildman–Crippen MR) is 59.3 cm³/mol. The van der Waals surface area contributed by atoms with E-state index in [0.29, 0.717) is 0 Å². The molecule has 1 aromatic rings. The molecule has 0 aromatic heterocycles. The fourth-order valence-electron chi connectivity index (χ4n) is 1.50. The number of hydrogen-bond acceptors (Lipinski definition) is 2. The van der Waals surface area contributed by atoms with Gasteiger partial charge >= 0.3 is 0 Å². The molecular formula is C12H14N2. The van der Waals surface area contributed by atoms with E-state index < -0.39 is 0 Å². The number of nitrogens with one attached hydrogen (secondary N) is 1. The molecule has 0 aliphatic carbocycles. The van der Waals surface area contributed by atoms with Crippen LogP contribution in [0.4, 0.5) is 0 Å². The average molecular weight is 186 g/mol. The summed E-state index contributed by atoms with van der Waals surface area (Å²) in [6.07, 6.45) is 2.99. The van der Waals surface area contributed by atoms with Gasteiger partial charge in [-0.05, 0) is 18.6 Å². The molecule has 14 heavy (non-hydrogen) atoms. The molecular weight excluding hydrogens is 172 g/mol. The summed E-state index contributed by atoms with van der Waals surface area (Å²) in [5.41, 5.74) is 2.50. The van der Waals surface area contributed by atoms with Gasteiger partial charge in [-0.3, -0.25) is 4.99 Å². The largest absolute Gasteiger partial charge is 0.348 e. The predicted octanol–water partition coefficient (Wildman–Crippen LogP) is 2.13. The smallest absolute Gasteiger partial charge is 0.105 e. The zero-order valence-electron chi connectivity index (χ0n) is 8.33. The molecule has 1 aliphatic heterocycles.